The van der Waals surface area contributed by atoms with Crippen molar-refractivity contribution in [3.05, 3.63) is 29.3 Å². The summed E-state index contributed by atoms with van der Waals surface area (Å²) >= 11 is 2.01. The Morgan fingerprint density at radius 1 is 1.24 bits per heavy atom. The van der Waals surface area contributed by atoms with Crippen LogP contribution in [-0.2, 0) is 12.0 Å². The molecule has 2 heteroatoms. The van der Waals surface area contributed by atoms with Crippen LogP contribution in [0.5, 0.6) is 0 Å². The Balaban J connectivity index is 1.91. The topological polar surface area (TPSA) is 26.0 Å². The average Bonchev–Trinajstić information content (AvgIpc) is 2.69. The van der Waals surface area contributed by atoms with Crippen molar-refractivity contribution in [2.75, 3.05) is 0 Å². The van der Waals surface area contributed by atoms with Crippen LogP contribution in [-0.4, -0.2) is 5.25 Å². The molecule has 1 unspecified atom stereocenters. The van der Waals surface area contributed by atoms with Crippen molar-refractivity contribution in [1.29, 1.82) is 0 Å². The van der Waals surface area contributed by atoms with E-state index in [1.165, 1.54) is 41.7 Å². The summed E-state index contributed by atoms with van der Waals surface area (Å²) in [5, 5.41) is 0.736. The van der Waals surface area contributed by atoms with Gasteiger partial charge in [-0.05, 0) is 36.5 Å². The van der Waals surface area contributed by atoms with Crippen molar-refractivity contribution in [3.8, 4) is 0 Å². The Morgan fingerprint density at radius 2 is 2.00 bits per heavy atom. The molecule has 0 amide bonds. The lowest BCUT2D eigenvalue weighted by atomic mass is 9.77. The summed E-state index contributed by atoms with van der Waals surface area (Å²) in [5.74, 6) is 0. The van der Waals surface area contributed by atoms with Crippen LogP contribution in [0.15, 0.2) is 23.1 Å². The Hall–Kier alpha value is -0.470. The Kier molecular flexibility index (Phi) is 2.95. The zero-order chi connectivity index (χ0) is 11.9. The van der Waals surface area contributed by atoms with Gasteiger partial charge in [0.2, 0.25) is 0 Å². The van der Waals surface area contributed by atoms with Crippen LogP contribution in [0, 0.1) is 0 Å². The van der Waals surface area contributed by atoms with Gasteiger partial charge in [-0.3, -0.25) is 0 Å². The van der Waals surface area contributed by atoms with E-state index >= 15 is 0 Å². The molecule has 17 heavy (non-hydrogen) atoms. The number of fused-ring (bicyclic) bond motifs is 1. The molecule has 1 atom stereocenters. The minimum Gasteiger partial charge on any atom is -0.321 e. The van der Waals surface area contributed by atoms with Gasteiger partial charge in [0.25, 0.3) is 0 Å². The van der Waals surface area contributed by atoms with E-state index in [0.717, 1.165) is 18.1 Å². The second-order valence-electron chi connectivity index (χ2n) is 5.67. The van der Waals surface area contributed by atoms with Gasteiger partial charge in [0, 0.05) is 15.7 Å². The molecule has 1 nitrogen and oxygen atoms in total. The maximum atomic E-state index is 6.60. The van der Waals surface area contributed by atoms with Gasteiger partial charge < -0.3 is 5.73 Å². The van der Waals surface area contributed by atoms with Gasteiger partial charge in [0.15, 0.2) is 0 Å². The molecule has 0 spiro atoms. The van der Waals surface area contributed by atoms with E-state index in [-0.39, 0.29) is 5.54 Å². The largest absolute Gasteiger partial charge is 0.321 e. The van der Waals surface area contributed by atoms with Crippen LogP contribution < -0.4 is 5.73 Å². The van der Waals surface area contributed by atoms with E-state index in [9.17, 15) is 0 Å². The van der Waals surface area contributed by atoms with Crippen molar-refractivity contribution >= 4 is 11.8 Å². The predicted octanol–water partition coefficient (Wildman–Crippen LogP) is 3.84. The average molecular weight is 247 g/mol. The van der Waals surface area contributed by atoms with Gasteiger partial charge in [0.05, 0.1) is 0 Å². The summed E-state index contributed by atoms with van der Waals surface area (Å²) in [6.45, 7) is 2.31. The summed E-state index contributed by atoms with van der Waals surface area (Å²) in [6, 6.07) is 6.96. The molecule has 1 aromatic carbocycles. The Labute approximate surface area is 108 Å². The van der Waals surface area contributed by atoms with Crippen molar-refractivity contribution in [2.45, 2.75) is 61.1 Å². The van der Waals surface area contributed by atoms with Crippen molar-refractivity contribution in [2.24, 2.45) is 5.73 Å². The molecule has 0 bridgehead atoms. The lowest BCUT2D eigenvalue weighted by molar-refractivity contribution is 0.302. The molecule has 2 N–H and O–H groups in total. The lowest BCUT2D eigenvalue weighted by Crippen LogP contribution is -2.38. The second kappa shape index (κ2) is 4.33. The molecule has 1 aliphatic heterocycles. The Morgan fingerprint density at radius 3 is 2.76 bits per heavy atom. The lowest BCUT2D eigenvalue weighted by Gasteiger charge is -2.34. The molecule has 1 fully saturated rings. The fourth-order valence-corrected chi connectivity index (χ4v) is 4.38. The third kappa shape index (κ3) is 2.13. The molecule has 0 saturated heterocycles. The SMILES string of the molecule is CC1Cc2ccc(C3(N)CCCCC3)cc2S1. The van der Waals surface area contributed by atoms with Gasteiger partial charge in [-0.2, -0.15) is 0 Å². The third-order valence-electron chi connectivity index (χ3n) is 4.22. The monoisotopic (exact) mass is 247 g/mol. The molecule has 92 valence electrons. The van der Waals surface area contributed by atoms with E-state index in [1.54, 1.807) is 0 Å². The molecular weight excluding hydrogens is 226 g/mol. The summed E-state index contributed by atoms with van der Waals surface area (Å²) < 4.78 is 0. The summed E-state index contributed by atoms with van der Waals surface area (Å²) in [6.07, 6.45) is 7.47. The minimum absolute atomic E-state index is 0.0420. The number of thioether (sulfide) groups is 1. The van der Waals surface area contributed by atoms with Crippen LogP contribution in [0.1, 0.15) is 50.2 Å². The quantitative estimate of drug-likeness (QED) is 0.816. The van der Waals surface area contributed by atoms with Crippen molar-refractivity contribution < 1.29 is 0 Å². The highest BCUT2D eigenvalue weighted by Gasteiger charge is 2.30. The molecule has 3 rings (SSSR count). The summed E-state index contributed by atoms with van der Waals surface area (Å²) in [4.78, 5) is 1.48. The van der Waals surface area contributed by atoms with Crippen molar-refractivity contribution in [3.63, 3.8) is 0 Å². The van der Waals surface area contributed by atoms with Crippen LogP contribution in [0.2, 0.25) is 0 Å². The van der Waals surface area contributed by atoms with E-state index in [1.807, 2.05) is 11.8 Å². The number of rotatable bonds is 1. The molecule has 1 aromatic rings. The highest BCUT2D eigenvalue weighted by molar-refractivity contribution is 8.00. The van der Waals surface area contributed by atoms with Gasteiger partial charge in [-0.15, -0.1) is 11.8 Å². The van der Waals surface area contributed by atoms with Crippen LogP contribution >= 0.6 is 11.8 Å². The zero-order valence-electron chi connectivity index (χ0n) is 10.5. The van der Waals surface area contributed by atoms with Gasteiger partial charge in [-0.1, -0.05) is 38.3 Å². The van der Waals surface area contributed by atoms with E-state index in [0.29, 0.717) is 0 Å². The molecule has 2 aliphatic rings. The summed E-state index contributed by atoms with van der Waals surface area (Å²) in [5.41, 5.74) is 9.45. The smallest absolute Gasteiger partial charge is 0.0410 e. The van der Waals surface area contributed by atoms with Crippen LogP contribution in [0.4, 0.5) is 0 Å². The molecule has 1 saturated carbocycles. The zero-order valence-corrected chi connectivity index (χ0v) is 11.4. The standard InChI is InChI=1S/C15H21NS/c1-11-9-12-5-6-13(10-14(12)17-11)15(16)7-3-2-4-8-15/h5-6,10-11H,2-4,7-9,16H2,1H3. The van der Waals surface area contributed by atoms with Crippen LogP contribution in [0.3, 0.4) is 0 Å². The highest BCUT2D eigenvalue weighted by Crippen LogP contribution is 2.41. The van der Waals surface area contributed by atoms with E-state index in [4.69, 9.17) is 5.73 Å². The minimum atomic E-state index is -0.0420. The number of nitrogens with two attached hydrogens (primary N) is 1. The van der Waals surface area contributed by atoms with E-state index in [2.05, 4.69) is 25.1 Å². The fraction of sp³-hybridized carbons (Fsp3) is 0.600. The van der Waals surface area contributed by atoms with Gasteiger partial charge in [0.1, 0.15) is 0 Å². The summed E-state index contributed by atoms with van der Waals surface area (Å²) in [7, 11) is 0. The first-order valence-corrected chi connectivity index (χ1v) is 7.64. The van der Waals surface area contributed by atoms with Crippen LogP contribution in [0.25, 0.3) is 0 Å². The molecule has 1 heterocycles. The first kappa shape index (κ1) is 11.6. The number of hydrogen-bond acceptors (Lipinski definition) is 2. The molecular formula is C15H21NS. The fourth-order valence-electron chi connectivity index (χ4n) is 3.18. The predicted molar refractivity (Wildman–Crippen MR) is 74.4 cm³/mol. The maximum Gasteiger partial charge on any atom is 0.0410 e. The first-order valence-electron chi connectivity index (χ1n) is 6.76. The Bertz CT molecular complexity index is 421. The normalized spacial score (nSPS) is 26.8. The molecule has 0 radical (unpaired) electrons. The molecule has 1 aliphatic carbocycles. The highest BCUT2D eigenvalue weighted by atomic mass is 32.2. The third-order valence-corrected chi connectivity index (χ3v) is 5.43. The maximum absolute atomic E-state index is 6.60. The number of hydrogen-bond donors (Lipinski definition) is 1. The number of benzene rings is 1. The van der Waals surface area contributed by atoms with E-state index < -0.39 is 0 Å². The first-order chi connectivity index (χ1) is 8.17. The second-order valence-corrected chi connectivity index (χ2v) is 7.15. The van der Waals surface area contributed by atoms with Gasteiger partial charge >= 0.3 is 0 Å². The van der Waals surface area contributed by atoms with Gasteiger partial charge in [-0.25, -0.2) is 0 Å². The van der Waals surface area contributed by atoms with Crippen molar-refractivity contribution in [1.82, 2.24) is 0 Å². The molecule has 0 aromatic heterocycles.